The molecule has 0 bridgehead atoms. The second-order valence-electron chi connectivity index (χ2n) is 9.53. The third-order valence-corrected chi connectivity index (χ3v) is 9.24. The van der Waals surface area contributed by atoms with Crippen molar-refractivity contribution in [2.75, 3.05) is 36.2 Å². The minimum Gasteiger partial charge on any atom is -0.410 e. The molecule has 0 radical (unpaired) electrons. The van der Waals surface area contributed by atoms with E-state index in [0.29, 0.717) is 59.0 Å². The molecule has 1 saturated heterocycles. The summed E-state index contributed by atoms with van der Waals surface area (Å²) in [6, 6.07) is 22.6. The maximum atomic E-state index is 14.0. The molecule has 0 atom stereocenters. The van der Waals surface area contributed by atoms with Crippen LogP contribution in [0.15, 0.2) is 86.6 Å². The lowest BCUT2D eigenvalue weighted by molar-refractivity contribution is -0.122. The zero-order valence-corrected chi connectivity index (χ0v) is 26.0. The Morgan fingerprint density at radius 1 is 1.12 bits per heavy atom. The highest BCUT2D eigenvalue weighted by Crippen LogP contribution is 2.51. The van der Waals surface area contributed by atoms with E-state index < -0.39 is 6.09 Å². The number of carbonyl (C=O) groups is 2. The summed E-state index contributed by atoms with van der Waals surface area (Å²) in [5.74, 6) is 0.687. The molecule has 0 unspecified atom stereocenters. The molecule has 220 valence electrons. The number of nitrogens with zero attached hydrogens (tertiary/aromatic N) is 4. The van der Waals surface area contributed by atoms with E-state index in [1.165, 1.54) is 23.5 Å². The number of hydrogen-bond donors (Lipinski definition) is 2. The van der Waals surface area contributed by atoms with Gasteiger partial charge >= 0.3 is 6.09 Å². The molecule has 2 amide bonds. The number of benzene rings is 3. The van der Waals surface area contributed by atoms with Crippen molar-refractivity contribution in [1.82, 2.24) is 10.2 Å². The normalized spacial score (nSPS) is 16.8. The van der Waals surface area contributed by atoms with Crippen LogP contribution < -0.4 is 20.3 Å². The number of rotatable bonds is 9. The van der Waals surface area contributed by atoms with Crippen molar-refractivity contribution in [3.05, 3.63) is 87.8 Å². The summed E-state index contributed by atoms with van der Waals surface area (Å²) in [5, 5.41) is 16.8. The fourth-order valence-electron chi connectivity index (χ4n) is 4.45. The lowest BCUT2D eigenvalue weighted by atomic mass is 10.2. The lowest BCUT2D eigenvalue weighted by Gasteiger charge is -2.17. The van der Waals surface area contributed by atoms with Gasteiger partial charge in [0.2, 0.25) is 0 Å². The van der Waals surface area contributed by atoms with Crippen molar-refractivity contribution in [1.29, 1.82) is 5.26 Å². The Morgan fingerprint density at radius 3 is 2.67 bits per heavy atom. The first-order valence-corrected chi connectivity index (χ1v) is 15.8. The third-order valence-electron chi connectivity index (χ3n) is 6.54. The first kappa shape index (κ1) is 30.4. The number of thioether (sulfide) groups is 2. The number of carbonyl (C=O) groups excluding carboxylic acids is 2. The first-order valence-electron chi connectivity index (χ1n) is 13.6. The van der Waals surface area contributed by atoms with E-state index in [4.69, 9.17) is 21.3 Å². The Kier molecular flexibility index (Phi) is 9.82. The summed E-state index contributed by atoms with van der Waals surface area (Å²) >= 11 is 8.46. The summed E-state index contributed by atoms with van der Waals surface area (Å²) in [6.45, 7) is 3.44. The molecule has 0 saturated carbocycles. The molecule has 2 aliphatic rings. The molecular weight excluding hydrogens is 604 g/mol. The predicted octanol–water partition coefficient (Wildman–Crippen LogP) is 6.88. The Bertz CT molecular complexity index is 1640. The number of fused-ring (bicyclic) bond motifs is 1. The average Bonchev–Trinajstić information content (AvgIpc) is 3.49. The van der Waals surface area contributed by atoms with Gasteiger partial charge < -0.3 is 20.3 Å². The van der Waals surface area contributed by atoms with Crippen LogP contribution >= 0.6 is 35.1 Å². The van der Waals surface area contributed by atoms with Gasteiger partial charge in [0, 0.05) is 37.0 Å². The van der Waals surface area contributed by atoms with Gasteiger partial charge in [-0.25, -0.2) is 9.79 Å². The molecule has 43 heavy (non-hydrogen) atoms. The van der Waals surface area contributed by atoms with Crippen LogP contribution in [0.5, 0.6) is 5.75 Å². The first-order chi connectivity index (χ1) is 20.9. The largest absolute Gasteiger partial charge is 0.412 e. The second kappa shape index (κ2) is 13.9. The van der Waals surface area contributed by atoms with Gasteiger partial charge in [0.1, 0.15) is 10.7 Å². The number of amides is 2. The van der Waals surface area contributed by atoms with E-state index in [1.54, 1.807) is 29.2 Å². The number of hydrogen-bond acceptors (Lipinski definition) is 9. The Morgan fingerprint density at radius 2 is 1.93 bits per heavy atom. The van der Waals surface area contributed by atoms with Crippen LogP contribution in [0.25, 0.3) is 0 Å². The van der Waals surface area contributed by atoms with Gasteiger partial charge in [0.25, 0.3) is 5.91 Å². The molecule has 2 heterocycles. The fraction of sp³-hybridized carbons (Fsp3) is 0.226. The van der Waals surface area contributed by atoms with Crippen LogP contribution in [0.3, 0.4) is 0 Å². The maximum Gasteiger partial charge on any atom is 0.412 e. The second-order valence-corrected chi connectivity index (χ2v) is 11.9. The van der Waals surface area contributed by atoms with Crippen molar-refractivity contribution in [3.63, 3.8) is 0 Å². The van der Waals surface area contributed by atoms with Gasteiger partial charge in [-0.3, -0.25) is 9.69 Å². The number of aliphatic imine (C=N–C) groups is 1. The van der Waals surface area contributed by atoms with E-state index in [-0.39, 0.29) is 5.91 Å². The molecule has 9 nitrogen and oxygen atoms in total. The van der Waals surface area contributed by atoms with Crippen molar-refractivity contribution in [2.24, 2.45) is 4.99 Å². The zero-order valence-electron chi connectivity index (χ0n) is 23.6. The number of alkyl halides is 1. The van der Waals surface area contributed by atoms with Gasteiger partial charge in [0.05, 0.1) is 40.3 Å². The summed E-state index contributed by atoms with van der Waals surface area (Å²) < 4.78 is 5.46. The van der Waals surface area contributed by atoms with Crippen molar-refractivity contribution >= 4 is 69.4 Å². The molecule has 2 aliphatic heterocycles. The van der Waals surface area contributed by atoms with Crippen molar-refractivity contribution in [3.8, 4) is 11.8 Å². The SMILES string of the molecule is CCNc1ccc(C#N)cc1N=C1S/C(=C2\Sc3ccc(OC(=O)NCCCCl)cc3N2C)C(=O)N1Cc1ccccc1. The molecule has 2 N–H and O–H groups in total. The number of nitriles is 1. The minimum atomic E-state index is -0.548. The molecule has 3 aromatic rings. The Balaban J connectivity index is 1.48. The quantitative estimate of drug-likeness (QED) is 0.149. The third kappa shape index (κ3) is 6.94. The van der Waals surface area contributed by atoms with Crippen LogP contribution in [0.4, 0.5) is 21.9 Å². The molecule has 1 fully saturated rings. The number of halogens is 1. The Hall–Kier alpha value is -4.11. The molecule has 0 aromatic heterocycles. The average molecular weight is 633 g/mol. The van der Waals surface area contributed by atoms with Gasteiger partial charge in [-0.1, -0.05) is 42.1 Å². The molecule has 3 aromatic carbocycles. The highest BCUT2D eigenvalue weighted by molar-refractivity contribution is 8.19. The minimum absolute atomic E-state index is 0.161. The van der Waals surface area contributed by atoms with Gasteiger partial charge in [-0.2, -0.15) is 5.26 Å². The topological polar surface area (TPSA) is 110 Å². The van der Waals surface area contributed by atoms with Gasteiger partial charge in [-0.05, 0) is 61.0 Å². The molecule has 12 heteroatoms. The van der Waals surface area contributed by atoms with Crippen molar-refractivity contribution < 1.29 is 14.3 Å². The predicted molar refractivity (Wildman–Crippen MR) is 174 cm³/mol. The maximum absolute atomic E-state index is 14.0. The lowest BCUT2D eigenvalue weighted by Crippen LogP contribution is -2.29. The molecule has 0 spiro atoms. The van der Waals surface area contributed by atoms with E-state index in [2.05, 4.69) is 16.7 Å². The smallest absolute Gasteiger partial charge is 0.410 e. The highest BCUT2D eigenvalue weighted by Gasteiger charge is 2.39. The van der Waals surface area contributed by atoms with E-state index in [1.807, 2.05) is 61.3 Å². The highest BCUT2D eigenvalue weighted by atomic mass is 35.5. The molecule has 0 aliphatic carbocycles. The van der Waals surface area contributed by atoms with E-state index >= 15 is 0 Å². The summed E-state index contributed by atoms with van der Waals surface area (Å²) in [6.07, 6.45) is 0.101. The van der Waals surface area contributed by atoms with E-state index in [0.717, 1.165) is 26.9 Å². The van der Waals surface area contributed by atoms with Crippen LogP contribution in [0.2, 0.25) is 0 Å². The van der Waals surface area contributed by atoms with Crippen LogP contribution in [-0.2, 0) is 11.3 Å². The fourth-order valence-corrected chi connectivity index (χ4v) is 6.90. The molecule has 5 rings (SSSR count). The molecular formula is C31H29ClN6O3S2. The van der Waals surface area contributed by atoms with Gasteiger partial charge in [-0.15, -0.1) is 11.6 Å². The summed E-state index contributed by atoms with van der Waals surface area (Å²) in [5.41, 5.74) is 3.64. The van der Waals surface area contributed by atoms with Crippen LogP contribution in [-0.4, -0.2) is 48.1 Å². The monoisotopic (exact) mass is 632 g/mol. The van der Waals surface area contributed by atoms with Crippen LogP contribution in [0, 0.1) is 11.3 Å². The van der Waals surface area contributed by atoms with Crippen molar-refractivity contribution in [2.45, 2.75) is 24.8 Å². The van der Waals surface area contributed by atoms with E-state index in [9.17, 15) is 14.9 Å². The zero-order chi connectivity index (χ0) is 30.3. The summed E-state index contributed by atoms with van der Waals surface area (Å²) in [7, 11) is 1.88. The summed E-state index contributed by atoms with van der Waals surface area (Å²) in [4.78, 5) is 36.2. The van der Waals surface area contributed by atoms with Crippen LogP contribution in [0.1, 0.15) is 24.5 Å². The Labute approximate surface area is 263 Å². The standard InChI is InChI=1S/C31H29ClN6O3S2/c1-3-34-23-12-10-21(18-33)16-24(23)36-30-38(19-20-8-5-4-6-9-20)28(39)27(43-30)29-37(2)25-17-22(11-13-26(25)42-29)41-31(40)35-15-7-14-32/h4-6,8-13,16-17,34H,3,7,14-15,19H2,1-2H3,(H,35,40)/b29-27-,36-30?. The number of nitrogens with one attached hydrogen (secondary N) is 2. The number of amidine groups is 1. The van der Waals surface area contributed by atoms with Gasteiger partial charge in [0.15, 0.2) is 5.17 Å². The number of anilines is 2. The number of ether oxygens (including phenoxy) is 1.